The Morgan fingerprint density at radius 3 is 2.26 bits per heavy atom. The van der Waals surface area contributed by atoms with E-state index >= 15 is 0 Å². The maximum atomic E-state index is 12.6. The fourth-order valence-corrected chi connectivity index (χ4v) is 4.64. The standard InChI is InChI=1S/C32H24N4O2/c37-32(31-18-6-7-19-34-31,30-17-5-4-16-29(30)24-10-2-1-3-11-24)25-12-8-14-27(20-25)38-28-15-9-13-26(21-28)36-23-33-22-35-36/h1-23,37H. The highest BCUT2D eigenvalue weighted by atomic mass is 16.5. The molecule has 0 aliphatic heterocycles. The maximum Gasteiger partial charge on any atom is 0.158 e. The topological polar surface area (TPSA) is 73.1 Å². The SMILES string of the molecule is OC(c1cccc(Oc2cccc(-n3cncn3)c2)c1)(c1ccccn1)c1ccccc1-c1ccccc1. The Morgan fingerprint density at radius 1 is 0.711 bits per heavy atom. The van der Waals surface area contributed by atoms with E-state index in [4.69, 9.17) is 4.74 Å². The predicted octanol–water partition coefficient (Wildman–Crippen LogP) is 6.41. The number of rotatable bonds is 7. The monoisotopic (exact) mass is 496 g/mol. The quantitative estimate of drug-likeness (QED) is 0.277. The third-order valence-electron chi connectivity index (χ3n) is 6.43. The van der Waals surface area contributed by atoms with Crippen LogP contribution in [0.2, 0.25) is 0 Å². The first kappa shape index (κ1) is 23.3. The largest absolute Gasteiger partial charge is 0.457 e. The van der Waals surface area contributed by atoms with Crippen LogP contribution in [0.5, 0.6) is 11.5 Å². The van der Waals surface area contributed by atoms with Crippen molar-refractivity contribution in [3.05, 3.63) is 157 Å². The van der Waals surface area contributed by atoms with E-state index in [0.717, 1.165) is 22.4 Å². The van der Waals surface area contributed by atoms with Crippen LogP contribution < -0.4 is 4.74 Å². The van der Waals surface area contributed by atoms with Gasteiger partial charge >= 0.3 is 0 Å². The van der Waals surface area contributed by atoms with Gasteiger partial charge in [-0.15, -0.1) is 0 Å². The number of pyridine rings is 1. The van der Waals surface area contributed by atoms with Crippen LogP contribution in [0, 0.1) is 0 Å². The van der Waals surface area contributed by atoms with Gasteiger partial charge in [0.15, 0.2) is 5.60 Å². The average molecular weight is 497 g/mol. The molecule has 184 valence electrons. The number of hydrogen-bond acceptors (Lipinski definition) is 5. The Morgan fingerprint density at radius 2 is 1.47 bits per heavy atom. The minimum atomic E-state index is -1.53. The van der Waals surface area contributed by atoms with Gasteiger partial charge in [-0.1, -0.05) is 78.9 Å². The van der Waals surface area contributed by atoms with Crippen molar-refractivity contribution >= 4 is 0 Å². The van der Waals surface area contributed by atoms with Gasteiger partial charge in [-0.05, 0) is 53.1 Å². The number of hydrogen-bond donors (Lipinski definition) is 1. The second kappa shape index (κ2) is 10.1. The number of aliphatic hydroxyl groups is 1. The van der Waals surface area contributed by atoms with Crippen LogP contribution in [0.4, 0.5) is 0 Å². The van der Waals surface area contributed by atoms with E-state index < -0.39 is 5.60 Å². The molecule has 0 fully saturated rings. The van der Waals surface area contributed by atoms with Crippen molar-refractivity contribution in [2.45, 2.75) is 5.60 Å². The van der Waals surface area contributed by atoms with Gasteiger partial charge in [-0.2, -0.15) is 5.10 Å². The van der Waals surface area contributed by atoms with Crippen LogP contribution in [0.25, 0.3) is 16.8 Å². The molecule has 4 aromatic carbocycles. The van der Waals surface area contributed by atoms with E-state index in [2.05, 4.69) is 15.1 Å². The first-order valence-electron chi connectivity index (χ1n) is 12.2. The lowest BCUT2D eigenvalue weighted by Gasteiger charge is -2.31. The van der Waals surface area contributed by atoms with E-state index in [-0.39, 0.29) is 0 Å². The molecule has 0 bridgehead atoms. The van der Waals surface area contributed by atoms with Crippen molar-refractivity contribution in [2.24, 2.45) is 0 Å². The van der Waals surface area contributed by atoms with E-state index in [9.17, 15) is 5.11 Å². The third kappa shape index (κ3) is 4.45. The van der Waals surface area contributed by atoms with Crippen molar-refractivity contribution in [3.63, 3.8) is 0 Å². The molecule has 1 N–H and O–H groups in total. The number of benzene rings is 4. The van der Waals surface area contributed by atoms with Crippen LogP contribution in [-0.4, -0.2) is 24.9 Å². The summed E-state index contributed by atoms with van der Waals surface area (Å²) in [5, 5.41) is 16.8. The van der Waals surface area contributed by atoms with Gasteiger partial charge in [0.25, 0.3) is 0 Å². The zero-order valence-electron chi connectivity index (χ0n) is 20.4. The molecular weight excluding hydrogens is 472 g/mol. The van der Waals surface area contributed by atoms with Gasteiger partial charge in [0.2, 0.25) is 0 Å². The predicted molar refractivity (Wildman–Crippen MR) is 146 cm³/mol. The minimum absolute atomic E-state index is 0.522. The van der Waals surface area contributed by atoms with E-state index in [1.807, 2.05) is 121 Å². The molecule has 2 heterocycles. The van der Waals surface area contributed by atoms with Crippen LogP contribution in [0.15, 0.2) is 140 Å². The molecular formula is C32H24N4O2. The molecule has 6 aromatic rings. The van der Waals surface area contributed by atoms with Crippen molar-refractivity contribution in [1.29, 1.82) is 0 Å². The zero-order valence-corrected chi connectivity index (χ0v) is 20.4. The minimum Gasteiger partial charge on any atom is -0.457 e. The Labute approximate surface area is 220 Å². The summed E-state index contributed by atoms with van der Waals surface area (Å²) >= 11 is 0. The smallest absolute Gasteiger partial charge is 0.158 e. The van der Waals surface area contributed by atoms with E-state index in [0.29, 0.717) is 22.8 Å². The molecule has 0 aliphatic rings. The zero-order chi connectivity index (χ0) is 25.8. The normalized spacial score (nSPS) is 12.6. The first-order valence-corrected chi connectivity index (χ1v) is 12.2. The van der Waals surface area contributed by atoms with Gasteiger partial charge in [0, 0.05) is 17.8 Å². The molecule has 0 aliphatic carbocycles. The van der Waals surface area contributed by atoms with Crippen LogP contribution in [-0.2, 0) is 5.60 Å². The van der Waals surface area contributed by atoms with E-state index in [1.54, 1.807) is 17.2 Å². The molecule has 0 saturated carbocycles. The highest BCUT2D eigenvalue weighted by molar-refractivity contribution is 5.71. The molecule has 6 rings (SSSR count). The molecule has 1 atom stereocenters. The second-order valence-electron chi connectivity index (χ2n) is 8.80. The number of aromatic nitrogens is 4. The summed E-state index contributed by atoms with van der Waals surface area (Å²) in [5.41, 5.74) is 3.13. The third-order valence-corrected chi connectivity index (χ3v) is 6.43. The highest BCUT2D eigenvalue weighted by Crippen LogP contribution is 2.42. The summed E-state index contributed by atoms with van der Waals surface area (Å²) in [7, 11) is 0. The molecule has 0 spiro atoms. The van der Waals surface area contributed by atoms with Crippen molar-refractivity contribution in [3.8, 4) is 28.3 Å². The summed E-state index contributed by atoms with van der Waals surface area (Å²) in [4.78, 5) is 8.60. The molecule has 6 heteroatoms. The summed E-state index contributed by atoms with van der Waals surface area (Å²) in [6.07, 6.45) is 4.82. The van der Waals surface area contributed by atoms with Gasteiger partial charge in [-0.25, -0.2) is 9.67 Å². The van der Waals surface area contributed by atoms with Crippen molar-refractivity contribution in [1.82, 2.24) is 19.7 Å². The molecule has 6 nitrogen and oxygen atoms in total. The maximum absolute atomic E-state index is 12.6. The Bertz CT molecular complexity index is 1650. The molecule has 0 amide bonds. The Kier molecular flexibility index (Phi) is 6.22. The lowest BCUT2D eigenvalue weighted by atomic mass is 9.79. The Hall–Kier alpha value is -5.07. The lowest BCUT2D eigenvalue weighted by Crippen LogP contribution is -2.30. The van der Waals surface area contributed by atoms with Gasteiger partial charge < -0.3 is 9.84 Å². The molecule has 38 heavy (non-hydrogen) atoms. The van der Waals surface area contributed by atoms with Gasteiger partial charge in [-0.3, -0.25) is 4.98 Å². The average Bonchev–Trinajstić information content (AvgIpc) is 3.53. The van der Waals surface area contributed by atoms with Crippen LogP contribution >= 0.6 is 0 Å². The fraction of sp³-hybridized carbons (Fsp3) is 0.0312. The molecule has 0 saturated heterocycles. The Balaban J connectivity index is 1.45. The molecule has 1 unspecified atom stereocenters. The van der Waals surface area contributed by atoms with Crippen LogP contribution in [0.3, 0.4) is 0 Å². The summed E-state index contributed by atoms with van der Waals surface area (Å²) < 4.78 is 7.92. The van der Waals surface area contributed by atoms with Gasteiger partial charge in [0.05, 0.1) is 11.4 Å². The molecule has 0 radical (unpaired) electrons. The fourth-order valence-electron chi connectivity index (χ4n) is 4.64. The number of ether oxygens (including phenoxy) is 1. The van der Waals surface area contributed by atoms with Crippen molar-refractivity contribution in [2.75, 3.05) is 0 Å². The van der Waals surface area contributed by atoms with Crippen molar-refractivity contribution < 1.29 is 9.84 Å². The van der Waals surface area contributed by atoms with Crippen LogP contribution in [0.1, 0.15) is 16.8 Å². The van der Waals surface area contributed by atoms with E-state index in [1.165, 1.54) is 6.33 Å². The second-order valence-corrected chi connectivity index (χ2v) is 8.80. The van der Waals surface area contributed by atoms with Gasteiger partial charge in [0.1, 0.15) is 24.2 Å². The highest BCUT2D eigenvalue weighted by Gasteiger charge is 2.37. The summed E-state index contributed by atoms with van der Waals surface area (Å²) in [5.74, 6) is 1.23. The summed E-state index contributed by atoms with van der Waals surface area (Å²) in [6, 6.07) is 38.6. The number of nitrogens with zero attached hydrogens (tertiary/aromatic N) is 4. The lowest BCUT2D eigenvalue weighted by molar-refractivity contribution is 0.121. The summed E-state index contributed by atoms with van der Waals surface area (Å²) in [6.45, 7) is 0. The molecule has 2 aromatic heterocycles. The first-order chi connectivity index (χ1) is 18.7.